The summed E-state index contributed by atoms with van der Waals surface area (Å²) in [5.74, 6) is 0. The fourth-order valence-corrected chi connectivity index (χ4v) is 1.64. The summed E-state index contributed by atoms with van der Waals surface area (Å²) in [7, 11) is 3.56. The molecule has 92 valence electrons. The fraction of sp³-hybridized carbons (Fsp3) is 0.727. The summed E-state index contributed by atoms with van der Waals surface area (Å²) in [6.07, 6.45) is 2.57. The summed E-state index contributed by atoms with van der Waals surface area (Å²) < 4.78 is 6.93. The van der Waals surface area contributed by atoms with Crippen molar-refractivity contribution in [3.8, 4) is 0 Å². The van der Waals surface area contributed by atoms with Crippen molar-refractivity contribution >= 4 is 0 Å². The van der Waals surface area contributed by atoms with Crippen LogP contribution in [0.1, 0.15) is 19.0 Å². The Kier molecular flexibility index (Phi) is 4.92. The van der Waals surface area contributed by atoms with Gasteiger partial charge in [0.1, 0.15) is 0 Å². The maximum atomic E-state index is 9.01. The lowest BCUT2D eigenvalue weighted by Gasteiger charge is -2.29. The number of aliphatic hydroxyl groups is 1. The van der Waals surface area contributed by atoms with Gasteiger partial charge in [0.25, 0.3) is 0 Å². The third-order valence-electron chi connectivity index (χ3n) is 2.59. The molecule has 0 aliphatic carbocycles. The molecule has 0 amide bonds. The van der Waals surface area contributed by atoms with Crippen molar-refractivity contribution in [2.45, 2.75) is 25.4 Å². The highest BCUT2D eigenvalue weighted by Crippen LogP contribution is 2.10. The van der Waals surface area contributed by atoms with Crippen LogP contribution in [0.4, 0.5) is 0 Å². The first-order valence-electron chi connectivity index (χ1n) is 5.43. The van der Waals surface area contributed by atoms with Gasteiger partial charge in [-0.15, -0.1) is 0 Å². The monoisotopic (exact) mass is 227 g/mol. The first kappa shape index (κ1) is 13.2. The summed E-state index contributed by atoms with van der Waals surface area (Å²) in [6, 6.07) is 1.97. The summed E-state index contributed by atoms with van der Waals surface area (Å²) in [5, 5.41) is 16.7. The van der Waals surface area contributed by atoms with Crippen molar-refractivity contribution in [2.24, 2.45) is 7.05 Å². The van der Waals surface area contributed by atoms with Gasteiger partial charge >= 0.3 is 0 Å². The molecule has 0 fully saturated rings. The fourth-order valence-electron chi connectivity index (χ4n) is 1.64. The Hall–Kier alpha value is -0.910. The van der Waals surface area contributed by atoms with Crippen LogP contribution in [-0.2, 0) is 18.3 Å². The van der Waals surface area contributed by atoms with E-state index in [1.165, 1.54) is 0 Å². The zero-order valence-electron chi connectivity index (χ0n) is 10.2. The molecule has 1 aromatic heterocycles. The van der Waals surface area contributed by atoms with Crippen LogP contribution < -0.4 is 5.32 Å². The van der Waals surface area contributed by atoms with E-state index in [2.05, 4.69) is 10.4 Å². The maximum Gasteiger partial charge on any atom is 0.0762 e. The van der Waals surface area contributed by atoms with Crippen LogP contribution >= 0.6 is 0 Å². The molecule has 1 heterocycles. The van der Waals surface area contributed by atoms with E-state index in [1.807, 2.05) is 26.2 Å². The van der Waals surface area contributed by atoms with E-state index < -0.39 is 0 Å². The summed E-state index contributed by atoms with van der Waals surface area (Å²) >= 11 is 0. The van der Waals surface area contributed by atoms with Crippen molar-refractivity contribution in [3.05, 3.63) is 18.0 Å². The molecule has 16 heavy (non-hydrogen) atoms. The molecule has 5 nitrogen and oxygen atoms in total. The molecule has 0 spiro atoms. The number of nitrogens with one attached hydrogen (secondary N) is 1. The van der Waals surface area contributed by atoms with Crippen LogP contribution in [0.2, 0.25) is 0 Å². The highest BCUT2D eigenvalue weighted by atomic mass is 16.5. The van der Waals surface area contributed by atoms with Crippen molar-refractivity contribution in [1.82, 2.24) is 15.1 Å². The zero-order chi connectivity index (χ0) is 12.0. The molecule has 1 atom stereocenters. The molecular formula is C11H21N3O2. The Morgan fingerprint density at radius 2 is 2.38 bits per heavy atom. The lowest BCUT2D eigenvalue weighted by atomic mass is 9.99. The second kappa shape index (κ2) is 5.98. The van der Waals surface area contributed by atoms with Crippen molar-refractivity contribution in [1.29, 1.82) is 0 Å². The van der Waals surface area contributed by atoms with Gasteiger partial charge in [-0.1, -0.05) is 0 Å². The largest absolute Gasteiger partial charge is 0.396 e. The second-order valence-electron chi connectivity index (χ2n) is 4.30. The molecule has 1 aromatic rings. The average Bonchev–Trinajstić information content (AvgIpc) is 2.62. The Bertz CT molecular complexity index is 306. The first-order valence-corrected chi connectivity index (χ1v) is 5.43. The zero-order valence-corrected chi connectivity index (χ0v) is 10.2. The molecule has 0 aliphatic heterocycles. The van der Waals surface area contributed by atoms with Crippen LogP contribution in [0.3, 0.4) is 0 Å². The third kappa shape index (κ3) is 3.92. The number of aryl methyl sites for hydroxylation is 1. The van der Waals surface area contributed by atoms with Gasteiger partial charge in [0.05, 0.1) is 12.3 Å². The quantitative estimate of drug-likeness (QED) is 0.703. The maximum absolute atomic E-state index is 9.01. The molecule has 0 saturated carbocycles. The lowest BCUT2D eigenvalue weighted by molar-refractivity contribution is 0.0967. The molecule has 0 aromatic carbocycles. The Morgan fingerprint density at radius 3 is 2.88 bits per heavy atom. The van der Waals surface area contributed by atoms with Gasteiger partial charge in [0.2, 0.25) is 0 Å². The average molecular weight is 227 g/mol. The predicted molar refractivity (Wildman–Crippen MR) is 62.0 cm³/mol. The van der Waals surface area contributed by atoms with Gasteiger partial charge in [-0.3, -0.25) is 4.68 Å². The minimum Gasteiger partial charge on any atom is -0.396 e. The number of hydrogen-bond acceptors (Lipinski definition) is 4. The SMILES string of the molecule is COCC(C)(CCO)NCc1ccn(C)n1. The first-order chi connectivity index (χ1) is 7.59. The lowest BCUT2D eigenvalue weighted by Crippen LogP contribution is -2.46. The van der Waals surface area contributed by atoms with E-state index in [1.54, 1.807) is 11.8 Å². The van der Waals surface area contributed by atoms with Gasteiger partial charge in [-0.25, -0.2) is 0 Å². The number of rotatable bonds is 7. The van der Waals surface area contributed by atoms with E-state index in [0.717, 1.165) is 5.69 Å². The molecule has 1 unspecified atom stereocenters. The van der Waals surface area contributed by atoms with Gasteiger partial charge < -0.3 is 15.2 Å². The van der Waals surface area contributed by atoms with Crippen LogP contribution in [0.15, 0.2) is 12.3 Å². The second-order valence-corrected chi connectivity index (χ2v) is 4.30. The van der Waals surface area contributed by atoms with E-state index in [0.29, 0.717) is 19.6 Å². The Balaban J connectivity index is 2.49. The summed E-state index contributed by atoms with van der Waals surface area (Å²) in [4.78, 5) is 0. The minimum absolute atomic E-state index is 0.148. The minimum atomic E-state index is -0.207. The number of aliphatic hydroxyl groups excluding tert-OH is 1. The summed E-state index contributed by atoms with van der Waals surface area (Å²) in [5.41, 5.74) is 0.781. The van der Waals surface area contributed by atoms with Crippen LogP contribution in [0.5, 0.6) is 0 Å². The Morgan fingerprint density at radius 1 is 1.62 bits per heavy atom. The number of hydrogen-bond donors (Lipinski definition) is 2. The molecule has 5 heteroatoms. The van der Waals surface area contributed by atoms with Gasteiger partial charge in [0.15, 0.2) is 0 Å². The number of ether oxygens (including phenoxy) is 1. The molecular weight excluding hydrogens is 206 g/mol. The topological polar surface area (TPSA) is 59.3 Å². The molecule has 0 aliphatic rings. The van der Waals surface area contributed by atoms with Crippen LogP contribution in [0.25, 0.3) is 0 Å². The number of aromatic nitrogens is 2. The highest BCUT2D eigenvalue weighted by molar-refractivity contribution is 4.99. The van der Waals surface area contributed by atoms with Gasteiger partial charge in [-0.05, 0) is 19.4 Å². The third-order valence-corrected chi connectivity index (χ3v) is 2.59. The molecule has 0 bridgehead atoms. The van der Waals surface area contributed by atoms with Gasteiger partial charge in [-0.2, -0.15) is 5.10 Å². The Labute approximate surface area is 96.4 Å². The molecule has 2 N–H and O–H groups in total. The predicted octanol–water partition coefficient (Wildman–Crippen LogP) is 0.297. The van der Waals surface area contributed by atoms with Crippen LogP contribution in [-0.4, -0.2) is 40.7 Å². The molecule has 1 rings (SSSR count). The van der Waals surface area contributed by atoms with Gasteiger partial charge in [0, 0.05) is 39.0 Å². The molecule has 0 radical (unpaired) electrons. The van der Waals surface area contributed by atoms with E-state index in [-0.39, 0.29) is 12.1 Å². The number of methoxy groups -OCH3 is 1. The summed E-state index contributed by atoms with van der Waals surface area (Å²) in [6.45, 7) is 3.44. The normalized spacial score (nSPS) is 15.0. The van der Waals surface area contributed by atoms with Crippen molar-refractivity contribution in [2.75, 3.05) is 20.3 Å². The van der Waals surface area contributed by atoms with Crippen molar-refractivity contribution < 1.29 is 9.84 Å². The van der Waals surface area contributed by atoms with Crippen LogP contribution in [0, 0.1) is 0 Å². The van der Waals surface area contributed by atoms with Crippen molar-refractivity contribution in [3.63, 3.8) is 0 Å². The smallest absolute Gasteiger partial charge is 0.0762 e. The standard InChI is InChI=1S/C11H21N3O2/c1-11(5-7-15,9-16-3)12-8-10-4-6-14(2)13-10/h4,6,12,15H,5,7-9H2,1-3H3. The number of nitrogens with zero attached hydrogens (tertiary/aromatic N) is 2. The highest BCUT2D eigenvalue weighted by Gasteiger charge is 2.23. The van der Waals surface area contributed by atoms with E-state index in [4.69, 9.17) is 9.84 Å². The van der Waals surface area contributed by atoms with E-state index in [9.17, 15) is 0 Å². The van der Waals surface area contributed by atoms with E-state index >= 15 is 0 Å². The molecule has 0 saturated heterocycles.